The minimum absolute atomic E-state index is 0.404. The first kappa shape index (κ1) is 8.62. The molecule has 5 heteroatoms. The third-order valence-corrected chi connectivity index (χ3v) is 3.00. The van der Waals surface area contributed by atoms with E-state index in [1.54, 1.807) is 18.0 Å². The van der Waals surface area contributed by atoms with Gasteiger partial charge in [-0.25, -0.2) is 4.99 Å². The second kappa shape index (κ2) is 3.41. The van der Waals surface area contributed by atoms with Crippen LogP contribution in [0.15, 0.2) is 22.4 Å². The van der Waals surface area contributed by atoms with Crippen LogP contribution < -0.4 is 0 Å². The number of hydrazone groups is 1. The molecule has 0 amide bonds. The topological polar surface area (TPSA) is 31.2 Å². The molecular weight excluding hydrogens is 184 g/mol. The highest BCUT2D eigenvalue weighted by Gasteiger charge is 2.24. The highest BCUT2D eigenvalue weighted by atomic mass is 32.2. The maximum atomic E-state index is 4.39. The SMILES string of the molecule is CSC(C)N1CN2C=CC=NC2=N1. The number of guanidine groups is 1. The summed E-state index contributed by atoms with van der Waals surface area (Å²) >= 11 is 1.78. The number of hydrogen-bond acceptors (Lipinski definition) is 5. The number of allylic oxidation sites excluding steroid dienone is 1. The average molecular weight is 196 g/mol. The first-order chi connectivity index (χ1) is 6.31. The molecular formula is C8H12N4S. The minimum atomic E-state index is 0.404. The van der Waals surface area contributed by atoms with Crippen molar-refractivity contribution >= 4 is 23.9 Å². The highest BCUT2D eigenvalue weighted by molar-refractivity contribution is 7.99. The summed E-state index contributed by atoms with van der Waals surface area (Å²) in [7, 11) is 0. The van der Waals surface area contributed by atoms with Gasteiger partial charge in [0.15, 0.2) is 0 Å². The summed E-state index contributed by atoms with van der Waals surface area (Å²) in [4.78, 5) is 6.21. The normalized spacial score (nSPS) is 21.8. The Hall–Kier alpha value is -0.970. The number of nitrogens with zero attached hydrogens (tertiary/aromatic N) is 4. The van der Waals surface area contributed by atoms with Crippen LogP contribution in [0.3, 0.4) is 0 Å². The van der Waals surface area contributed by atoms with Gasteiger partial charge in [0.2, 0.25) is 5.96 Å². The van der Waals surface area contributed by atoms with E-state index in [2.05, 4.69) is 23.3 Å². The average Bonchev–Trinajstić information content (AvgIpc) is 2.59. The fourth-order valence-electron chi connectivity index (χ4n) is 1.21. The molecule has 2 rings (SSSR count). The zero-order chi connectivity index (χ0) is 9.26. The van der Waals surface area contributed by atoms with E-state index in [1.807, 2.05) is 22.2 Å². The van der Waals surface area contributed by atoms with E-state index in [0.29, 0.717) is 5.37 Å². The van der Waals surface area contributed by atoms with Gasteiger partial charge in [0.05, 0.1) is 5.37 Å². The zero-order valence-electron chi connectivity index (χ0n) is 7.71. The second-order valence-electron chi connectivity index (χ2n) is 2.91. The van der Waals surface area contributed by atoms with Crippen molar-refractivity contribution in [3.63, 3.8) is 0 Å². The molecule has 0 bridgehead atoms. The van der Waals surface area contributed by atoms with E-state index in [-0.39, 0.29) is 0 Å². The molecule has 0 saturated heterocycles. The lowest BCUT2D eigenvalue weighted by atomic mass is 10.5. The second-order valence-corrected chi connectivity index (χ2v) is 4.06. The van der Waals surface area contributed by atoms with Crippen molar-refractivity contribution in [3.05, 3.63) is 12.3 Å². The molecule has 0 aromatic carbocycles. The predicted molar refractivity (Wildman–Crippen MR) is 56.6 cm³/mol. The first-order valence-corrected chi connectivity index (χ1v) is 5.45. The number of rotatable bonds is 2. The van der Waals surface area contributed by atoms with Crippen LogP contribution in [0.1, 0.15) is 6.92 Å². The van der Waals surface area contributed by atoms with Gasteiger partial charge in [-0.1, -0.05) is 0 Å². The van der Waals surface area contributed by atoms with Crippen molar-refractivity contribution in [2.45, 2.75) is 12.3 Å². The molecule has 2 aliphatic rings. The Morgan fingerprint density at radius 2 is 2.46 bits per heavy atom. The molecule has 13 heavy (non-hydrogen) atoms. The van der Waals surface area contributed by atoms with E-state index in [9.17, 15) is 0 Å². The van der Waals surface area contributed by atoms with Crippen LogP contribution in [-0.2, 0) is 0 Å². The Labute approximate surface area is 82.0 Å². The van der Waals surface area contributed by atoms with Gasteiger partial charge in [-0.05, 0) is 19.3 Å². The lowest BCUT2D eigenvalue weighted by molar-refractivity contribution is 0.256. The van der Waals surface area contributed by atoms with Crippen molar-refractivity contribution in [2.24, 2.45) is 10.1 Å². The molecule has 0 spiro atoms. The summed E-state index contributed by atoms with van der Waals surface area (Å²) in [5, 5.41) is 6.83. The van der Waals surface area contributed by atoms with Gasteiger partial charge >= 0.3 is 0 Å². The van der Waals surface area contributed by atoms with Gasteiger partial charge < -0.3 is 0 Å². The smallest absolute Gasteiger partial charge is 0.248 e. The molecule has 1 unspecified atom stereocenters. The molecule has 0 aromatic heterocycles. The quantitative estimate of drug-likeness (QED) is 0.663. The minimum Gasteiger partial charge on any atom is -0.296 e. The fraction of sp³-hybridized carbons (Fsp3) is 0.500. The number of thioether (sulfide) groups is 1. The van der Waals surface area contributed by atoms with Crippen LogP contribution in [0.2, 0.25) is 0 Å². The zero-order valence-corrected chi connectivity index (χ0v) is 8.53. The van der Waals surface area contributed by atoms with Crippen LogP contribution in [0, 0.1) is 0 Å². The molecule has 2 aliphatic heterocycles. The van der Waals surface area contributed by atoms with E-state index in [1.165, 1.54) is 0 Å². The van der Waals surface area contributed by atoms with Gasteiger partial charge in [-0.15, -0.1) is 16.9 Å². The third-order valence-electron chi connectivity index (χ3n) is 2.07. The molecule has 0 fully saturated rings. The monoisotopic (exact) mass is 196 g/mol. The molecule has 0 aliphatic carbocycles. The van der Waals surface area contributed by atoms with E-state index in [0.717, 1.165) is 12.6 Å². The molecule has 2 heterocycles. The lowest BCUT2D eigenvalue weighted by Crippen LogP contribution is -2.30. The number of aliphatic imine (C=N–C) groups is 1. The molecule has 0 saturated carbocycles. The van der Waals surface area contributed by atoms with Crippen molar-refractivity contribution < 1.29 is 0 Å². The highest BCUT2D eigenvalue weighted by Crippen LogP contribution is 2.19. The summed E-state index contributed by atoms with van der Waals surface area (Å²) < 4.78 is 0. The van der Waals surface area contributed by atoms with Crippen molar-refractivity contribution in [1.29, 1.82) is 0 Å². The largest absolute Gasteiger partial charge is 0.296 e. The Kier molecular flexibility index (Phi) is 2.26. The van der Waals surface area contributed by atoms with Crippen LogP contribution in [0.25, 0.3) is 0 Å². The fourth-order valence-corrected chi connectivity index (χ4v) is 1.56. The molecule has 1 atom stereocenters. The molecule has 0 radical (unpaired) electrons. The van der Waals surface area contributed by atoms with Crippen molar-refractivity contribution in [1.82, 2.24) is 9.91 Å². The van der Waals surface area contributed by atoms with Crippen molar-refractivity contribution in [3.8, 4) is 0 Å². The maximum absolute atomic E-state index is 4.39. The van der Waals surface area contributed by atoms with Gasteiger partial charge in [0, 0.05) is 12.4 Å². The Balaban J connectivity index is 2.11. The van der Waals surface area contributed by atoms with Gasteiger partial charge in [0.1, 0.15) is 6.67 Å². The summed E-state index contributed by atoms with van der Waals surface area (Å²) in [5.41, 5.74) is 0. The standard InChI is InChI=1S/C8H12N4S/c1-7(13-2)12-6-11-5-3-4-9-8(11)10-12/h3-5,7H,6H2,1-2H3. The molecule has 4 nitrogen and oxygen atoms in total. The summed E-state index contributed by atoms with van der Waals surface area (Å²) in [5.74, 6) is 0.795. The Morgan fingerprint density at radius 1 is 1.62 bits per heavy atom. The Bertz CT molecular complexity index is 284. The molecule has 0 aromatic rings. The van der Waals surface area contributed by atoms with Gasteiger partial charge in [-0.3, -0.25) is 9.91 Å². The first-order valence-electron chi connectivity index (χ1n) is 4.17. The van der Waals surface area contributed by atoms with Crippen molar-refractivity contribution in [2.75, 3.05) is 12.9 Å². The van der Waals surface area contributed by atoms with Crippen LogP contribution in [0.5, 0.6) is 0 Å². The van der Waals surface area contributed by atoms with Gasteiger partial charge in [-0.2, -0.15) is 0 Å². The Morgan fingerprint density at radius 3 is 3.15 bits per heavy atom. The number of fused-ring (bicyclic) bond motifs is 1. The third kappa shape index (κ3) is 1.56. The van der Waals surface area contributed by atoms with E-state index in [4.69, 9.17) is 0 Å². The summed E-state index contributed by atoms with van der Waals surface area (Å²) in [6.45, 7) is 2.95. The van der Waals surface area contributed by atoms with E-state index < -0.39 is 0 Å². The molecule has 0 N–H and O–H groups in total. The summed E-state index contributed by atoms with van der Waals surface area (Å²) in [6.07, 6.45) is 7.77. The molecule has 70 valence electrons. The lowest BCUT2D eigenvalue weighted by Gasteiger charge is -2.21. The predicted octanol–water partition coefficient (Wildman–Crippen LogP) is 1.14. The maximum Gasteiger partial charge on any atom is 0.248 e. The summed E-state index contributed by atoms with van der Waals surface area (Å²) in [6, 6.07) is 0. The van der Waals surface area contributed by atoms with Crippen LogP contribution in [-0.4, -0.2) is 40.4 Å². The van der Waals surface area contributed by atoms with Gasteiger partial charge in [0.25, 0.3) is 0 Å². The van der Waals surface area contributed by atoms with E-state index >= 15 is 0 Å². The van der Waals surface area contributed by atoms with Crippen LogP contribution >= 0.6 is 11.8 Å². The number of hydrogen-bond donors (Lipinski definition) is 0. The van der Waals surface area contributed by atoms with Crippen LogP contribution in [0.4, 0.5) is 0 Å².